The Morgan fingerprint density at radius 3 is 2.55 bits per heavy atom. The summed E-state index contributed by atoms with van der Waals surface area (Å²) >= 11 is 2.33. The van der Waals surface area contributed by atoms with Crippen LogP contribution in [0.5, 0.6) is 0 Å². The first kappa shape index (κ1) is 20.5. The first-order valence-corrected chi connectivity index (χ1v) is 7.53. The van der Waals surface area contributed by atoms with Crippen molar-refractivity contribution in [3.63, 3.8) is 0 Å². The largest absolute Gasteiger partial charge is 1.00 e. The van der Waals surface area contributed by atoms with Crippen LogP contribution in [0.25, 0.3) is 0 Å². The van der Waals surface area contributed by atoms with E-state index in [9.17, 15) is 0 Å². The van der Waals surface area contributed by atoms with Gasteiger partial charge < -0.3 is 37.2 Å². The molecule has 0 aromatic heterocycles. The quantitative estimate of drug-likeness (QED) is 0.443. The SMILES string of the molecule is CCCCC12CC=CC(C)=C1C1=CC[C]([Ti+3])=C12.[Cl-].[Cl-].[Cl-]. The van der Waals surface area contributed by atoms with Gasteiger partial charge in [-0.05, 0) is 0 Å². The van der Waals surface area contributed by atoms with Gasteiger partial charge >= 0.3 is 116 Å². The Bertz CT molecular complexity index is 500. The number of rotatable bonds is 3. The van der Waals surface area contributed by atoms with Crippen LogP contribution in [-0.2, 0) is 20.4 Å². The summed E-state index contributed by atoms with van der Waals surface area (Å²) in [5.74, 6) is 0. The van der Waals surface area contributed by atoms with Gasteiger partial charge in [0.25, 0.3) is 0 Å². The van der Waals surface area contributed by atoms with Crippen molar-refractivity contribution in [3.8, 4) is 0 Å². The number of halogens is 3. The predicted octanol–water partition coefficient (Wildman–Crippen LogP) is -4.40. The van der Waals surface area contributed by atoms with E-state index in [0.717, 1.165) is 0 Å². The molecule has 0 saturated heterocycles. The maximum Gasteiger partial charge on any atom is -1.00 e. The standard InChI is InChI=1S/C16H19.3ClH.Ti/c1-3-4-10-16-11-6-7-12(2)15(16)13-8-5-9-14(13)16;;;;/h6-8H,3-5,10-11H2,1-2H3;3*1H;/q;;;;+3/p-3. The molecule has 0 heterocycles. The van der Waals surface area contributed by atoms with Crippen LogP contribution in [0.3, 0.4) is 0 Å². The summed E-state index contributed by atoms with van der Waals surface area (Å²) in [6.07, 6.45) is 13.6. The van der Waals surface area contributed by atoms with Crippen LogP contribution >= 0.6 is 0 Å². The predicted molar refractivity (Wildman–Crippen MR) is 68.1 cm³/mol. The summed E-state index contributed by atoms with van der Waals surface area (Å²) in [5, 5.41) is 0. The topological polar surface area (TPSA) is 0 Å². The molecule has 0 aromatic carbocycles. The van der Waals surface area contributed by atoms with Crippen molar-refractivity contribution in [2.24, 2.45) is 5.41 Å². The molecule has 0 bridgehead atoms. The third kappa shape index (κ3) is 2.75. The van der Waals surface area contributed by atoms with Crippen molar-refractivity contribution < 1.29 is 57.7 Å². The summed E-state index contributed by atoms with van der Waals surface area (Å²) in [7, 11) is 0. The normalized spacial score (nSPS) is 25.7. The molecular formula is C16H19Cl3Ti. The summed E-state index contributed by atoms with van der Waals surface area (Å²) in [4.78, 5) is 0. The maximum atomic E-state index is 2.45. The molecule has 0 aromatic rings. The van der Waals surface area contributed by atoms with Crippen molar-refractivity contribution in [1.29, 1.82) is 0 Å². The van der Waals surface area contributed by atoms with Gasteiger partial charge in [-0.2, -0.15) is 0 Å². The number of allylic oxidation sites excluding steroid dienone is 8. The molecule has 1 saturated carbocycles. The van der Waals surface area contributed by atoms with E-state index in [1.54, 1.807) is 20.6 Å². The van der Waals surface area contributed by atoms with Crippen LogP contribution in [0.1, 0.15) is 46.0 Å². The fraction of sp³-hybridized carbons (Fsp3) is 0.500. The molecule has 1 fully saturated rings. The van der Waals surface area contributed by atoms with E-state index in [4.69, 9.17) is 0 Å². The minimum absolute atomic E-state index is 0. The minimum atomic E-state index is 0. The second kappa shape index (κ2) is 7.70. The van der Waals surface area contributed by atoms with Gasteiger partial charge in [0.2, 0.25) is 0 Å². The van der Waals surface area contributed by atoms with Crippen molar-refractivity contribution in [3.05, 3.63) is 44.4 Å². The molecule has 20 heavy (non-hydrogen) atoms. The van der Waals surface area contributed by atoms with E-state index in [1.807, 2.05) is 0 Å². The molecule has 0 amide bonds. The Kier molecular flexibility index (Phi) is 7.91. The molecule has 4 heteroatoms. The molecule has 1 unspecified atom stereocenters. The van der Waals surface area contributed by atoms with Crippen LogP contribution in [0.15, 0.2) is 44.4 Å². The number of hydrogen-bond donors (Lipinski definition) is 0. The molecule has 0 aliphatic heterocycles. The van der Waals surface area contributed by atoms with Crippen LogP contribution in [0, 0.1) is 5.41 Å². The first-order valence-electron chi connectivity index (χ1n) is 6.74. The van der Waals surface area contributed by atoms with Crippen molar-refractivity contribution in [2.75, 3.05) is 0 Å². The third-order valence-corrected chi connectivity index (χ3v) is 5.20. The molecule has 0 nitrogen and oxygen atoms in total. The molecule has 0 N–H and O–H groups in total. The second-order valence-electron chi connectivity index (χ2n) is 5.53. The number of fused-ring (bicyclic) bond motifs is 4. The van der Waals surface area contributed by atoms with Crippen LogP contribution < -0.4 is 37.2 Å². The van der Waals surface area contributed by atoms with E-state index < -0.39 is 0 Å². The second-order valence-corrected chi connectivity index (χ2v) is 6.47. The molecule has 3 aliphatic rings. The Morgan fingerprint density at radius 1 is 1.20 bits per heavy atom. The van der Waals surface area contributed by atoms with E-state index in [-0.39, 0.29) is 37.2 Å². The molecule has 3 aliphatic carbocycles. The zero-order valence-electron chi connectivity index (χ0n) is 11.9. The van der Waals surface area contributed by atoms with Crippen LogP contribution in [0.2, 0.25) is 0 Å². The fourth-order valence-corrected chi connectivity index (χ4v) is 4.55. The molecular weight excluding hydrogens is 346 g/mol. The smallest absolute Gasteiger partial charge is 1.00 e. The summed E-state index contributed by atoms with van der Waals surface area (Å²) < 4.78 is 1.63. The number of unbranched alkanes of at least 4 members (excludes halogenated alkanes) is 1. The number of hydrogen-bond acceptors (Lipinski definition) is 0. The van der Waals surface area contributed by atoms with Gasteiger partial charge in [-0.3, -0.25) is 0 Å². The maximum absolute atomic E-state index is 2.45. The zero-order chi connectivity index (χ0) is 12.0. The van der Waals surface area contributed by atoms with Crippen molar-refractivity contribution in [1.82, 2.24) is 0 Å². The third-order valence-electron chi connectivity index (χ3n) is 4.49. The first-order chi connectivity index (χ1) is 8.20. The van der Waals surface area contributed by atoms with E-state index in [2.05, 4.69) is 52.5 Å². The van der Waals surface area contributed by atoms with Crippen LogP contribution in [0.4, 0.5) is 0 Å². The van der Waals surface area contributed by atoms with Gasteiger partial charge in [0.1, 0.15) is 0 Å². The van der Waals surface area contributed by atoms with E-state index in [0.29, 0.717) is 5.41 Å². The molecule has 0 spiro atoms. The van der Waals surface area contributed by atoms with Gasteiger partial charge in [0.15, 0.2) is 0 Å². The summed E-state index contributed by atoms with van der Waals surface area (Å²) in [6.45, 7) is 4.59. The summed E-state index contributed by atoms with van der Waals surface area (Å²) in [5.41, 5.74) is 6.92. The van der Waals surface area contributed by atoms with Gasteiger partial charge in [0.05, 0.1) is 0 Å². The Morgan fingerprint density at radius 2 is 1.90 bits per heavy atom. The van der Waals surface area contributed by atoms with Gasteiger partial charge in [0, 0.05) is 0 Å². The Balaban J connectivity index is 0.00000120. The van der Waals surface area contributed by atoms with Crippen molar-refractivity contribution >= 4 is 0 Å². The zero-order valence-corrected chi connectivity index (χ0v) is 15.7. The molecule has 108 valence electrons. The average molecular weight is 366 g/mol. The van der Waals surface area contributed by atoms with Gasteiger partial charge in [-0.25, -0.2) is 0 Å². The van der Waals surface area contributed by atoms with E-state index >= 15 is 0 Å². The average Bonchev–Trinajstić information content (AvgIpc) is 2.61. The Hall–Kier alpha value is 0.544. The molecule has 3 rings (SSSR count). The van der Waals surface area contributed by atoms with E-state index in [1.165, 1.54) is 37.7 Å². The van der Waals surface area contributed by atoms with Crippen molar-refractivity contribution in [2.45, 2.75) is 46.0 Å². The fourth-order valence-electron chi connectivity index (χ4n) is 3.81. The monoisotopic (exact) mass is 364 g/mol. The summed E-state index contributed by atoms with van der Waals surface area (Å²) in [6, 6.07) is 0. The molecule has 1 atom stereocenters. The molecule has 0 radical (unpaired) electrons. The Labute approximate surface area is 152 Å². The van der Waals surface area contributed by atoms with Gasteiger partial charge in [-0.1, -0.05) is 0 Å². The van der Waals surface area contributed by atoms with Crippen LogP contribution in [-0.4, -0.2) is 0 Å². The van der Waals surface area contributed by atoms with Gasteiger partial charge in [-0.15, -0.1) is 0 Å². The minimum Gasteiger partial charge on any atom is -1.00 e.